The second-order valence-corrected chi connectivity index (χ2v) is 17.3. The Balaban J connectivity index is 1.45. The molecular weight excluding hydrogens is 757 g/mol. The minimum Gasteiger partial charge on any atom is -0.490 e. The van der Waals surface area contributed by atoms with Crippen molar-refractivity contribution in [2.75, 3.05) is 13.7 Å². The van der Waals surface area contributed by atoms with Gasteiger partial charge in [0, 0.05) is 28.6 Å². The van der Waals surface area contributed by atoms with Gasteiger partial charge in [0.25, 0.3) is 0 Å². The molecule has 6 atom stereocenters. The SMILES string of the molecule is COC(=O)C[C@H](C(=O)N[C@@H](Cc1ccc(-c2cnc(C(C)C)s2)cc1)[C@@H](O)C[C@@H](Cc1ccccc1F)C(=O)N[C@H]1c2cc(Cl)ccc2OC[C@H]1O)C(C)(C)C. The van der Waals surface area contributed by atoms with Crippen LogP contribution in [0.5, 0.6) is 5.75 Å². The number of methoxy groups -OCH3 is 1. The smallest absolute Gasteiger partial charge is 0.306 e. The first-order valence-electron chi connectivity index (χ1n) is 18.8. The molecule has 2 amide bonds. The lowest BCUT2D eigenvalue weighted by Gasteiger charge is -2.34. The average Bonchev–Trinajstić information content (AvgIpc) is 3.66. The number of thiazole rings is 1. The van der Waals surface area contributed by atoms with Crippen LogP contribution in [0.15, 0.2) is 72.9 Å². The predicted octanol–water partition coefficient (Wildman–Crippen LogP) is 7.20. The van der Waals surface area contributed by atoms with E-state index in [1.807, 2.05) is 51.2 Å². The van der Waals surface area contributed by atoms with E-state index in [2.05, 4.69) is 29.5 Å². The summed E-state index contributed by atoms with van der Waals surface area (Å²) in [7, 11) is 1.26. The van der Waals surface area contributed by atoms with Gasteiger partial charge >= 0.3 is 5.97 Å². The fraction of sp³-hybridized carbons (Fsp3) is 0.442. The van der Waals surface area contributed by atoms with Crippen LogP contribution >= 0.6 is 22.9 Å². The van der Waals surface area contributed by atoms with Gasteiger partial charge in [0.15, 0.2) is 0 Å². The number of carbonyl (C=O) groups is 3. The molecule has 0 fully saturated rings. The summed E-state index contributed by atoms with van der Waals surface area (Å²) in [5.74, 6) is -3.09. The molecule has 3 aromatic carbocycles. The molecule has 1 aliphatic heterocycles. The normalized spacial score (nSPS) is 17.6. The Hall–Kier alpha value is -4.36. The highest BCUT2D eigenvalue weighted by atomic mass is 35.5. The van der Waals surface area contributed by atoms with Gasteiger partial charge in [0.1, 0.15) is 24.3 Å². The van der Waals surface area contributed by atoms with Crippen LogP contribution in [0.2, 0.25) is 5.02 Å². The van der Waals surface area contributed by atoms with Crippen LogP contribution in [-0.2, 0) is 32.0 Å². The fourth-order valence-electron chi connectivity index (χ4n) is 6.84. The molecule has 5 rings (SSSR count). The molecule has 0 unspecified atom stereocenters. The number of nitrogens with zero attached hydrogens (tertiary/aromatic N) is 1. The Kier molecular flexibility index (Phi) is 14.3. The summed E-state index contributed by atoms with van der Waals surface area (Å²) in [4.78, 5) is 46.2. The number of aliphatic hydroxyl groups excluding tert-OH is 2. The van der Waals surface area contributed by atoms with Gasteiger partial charge in [-0.2, -0.15) is 0 Å². The van der Waals surface area contributed by atoms with Crippen LogP contribution in [0.1, 0.15) is 81.1 Å². The lowest BCUT2D eigenvalue weighted by molar-refractivity contribution is -0.146. The molecule has 56 heavy (non-hydrogen) atoms. The number of esters is 1. The monoisotopic (exact) mass is 807 g/mol. The Morgan fingerprint density at radius 1 is 1.05 bits per heavy atom. The molecule has 0 spiro atoms. The second kappa shape index (κ2) is 18.7. The number of carbonyl (C=O) groups excluding carboxylic acids is 3. The Bertz CT molecular complexity index is 1980. The van der Waals surface area contributed by atoms with E-state index in [1.54, 1.807) is 47.7 Å². The van der Waals surface area contributed by atoms with E-state index in [0.717, 1.165) is 21.0 Å². The molecule has 13 heteroatoms. The van der Waals surface area contributed by atoms with Gasteiger partial charge in [-0.3, -0.25) is 14.4 Å². The number of fused-ring (bicyclic) bond motifs is 1. The molecule has 0 aliphatic carbocycles. The summed E-state index contributed by atoms with van der Waals surface area (Å²) in [6, 6.07) is 17.0. The van der Waals surface area contributed by atoms with Gasteiger partial charge in [0.05, 0.1) is 47.5 Å². The van der Waals surface area contributed by atoms with Gasteiger partial charge in [0.2, 0.25) is 11.8 Å². The van der Waals surface area contributed by atoms with Crippen molar-refractivity contribution >= 4 is 40.7 Å². The molecule has 2 heterocycles. The third-order valence-corrected chi connectivity index (χ3v) is 11.8. The number of benzene rings is 3. The summed E-state index contributed by atoms with van der Waals surface area (Å²) < 4.78 is 25.7. The fourth-order valence-corrected chi connectivity index (χ4v) is 7.95. The molecule has 4 N–H and O–H groups in total. The maximum atomic E-state index is 15.1. The zero-order valence-corrected chi connectivity index (χ0v) is 34.1. The van der Waals surface area contributed by atoms with Gasteiger partial charge in [-0.15, -0.1) is 11.3 Å². The van der Waals surface area contributed by atoms with Crippen molar-refractivity contribution in [1.29, 1.82) is 0 Å². The first-order valence-corrected chi connectivity index (χ1v) is 20.0. The van der Waals surface area contributed by atoms with E-state index in [9.17, 15) is 24.6 Å². The number of aromatic nitrogens is 1. The summed E-state index contributed by atoms with van der Waals surface area (Å²) >= 11 is 7.90. The molecule has 0 radical (unpaired) electrons. The first kappa shape index (κ1) is 42.8. The molecule has 1 aromatic heterocycles. The van der Waals surface area contributed by atoms with Gasteiger partial charge < -0.3 is 30.3 Å². The number of rotatable bonds is 15. The molecule has 0 saturated carbocycles. The second-order valence-electron chi connectivity index (χ2n) is 15.8. The maximum absolute atomic E-state index is 15.1. The third kappa shape index (κ3) is 10.9. The van der Waals surface area contributed by atoms with E-state index in [1.165, 1.54) is 13.2 Å². The minimum absolute atomic E-state index is 0.0739. The van der Waals surface area contributed by atoms with Crippen LogP contribution in [0, 0.1) is 23.1 Å². The number of hydrogen-bond acceptors (Lipinski definition) is 9. The third-order valence-electron chi connectivity index (χ3n) is 10.2. The number of ether oxygens (including phenoxy) is 2. The van der Waals surface area contributed by atoms with E-state index in [-0.39, 0.29) is 37.9 Å². The molecule has 0 saturated heterocycles. The first-order chi connectivity index (χ1) is 26.5. The van der Waals surface area contributed by atoms with Crippen molar-refractivity contribution in [3.63, 3.8) is 0 Å². The lowest BCUT2D eigenvalue weighted by atomic mass is 9.77. The van der Waals surface area contributed by atoms with Crippen molar-refractivity contribution in [2.45, 2.75) is 90.5 Å². The van der Waals surface area contributed by atoms with Crippen LogP contribution in [0.3, 0.4) is 0 Å². The summed E-state index contributed by atoms with van der Waals surface area (Å²) in [5.41, 5.74) is 1.89. The summed E-state index contributed by atoms with van der Waals surface area (Å²) in [5, 5.41) is 30.4. The largest absolute Gasteiger partial charge is 0.490 e. The molecule has 1 aliphatic rings. The number of nitrogens with one attached hydrogen (secondary N) is 2. The van der Waals surface area contributed by atoms with Crippen molar-refractivity contribution < 1.29 is 38.5 Å². The van der Waals surface area contributed by atoms with E-state index < -0.39 is 65.1 Å². The van der Waals surface area contributed by atoms with Crippen LogP contribution in [0.25, 0.3) is 10.4 Å². The maximum Gasteiger partial charge on any atom is 0.306 e. The van der Waals surface area contributed by atoms with Crippen molar-refractivity contribution in [1.82, 2.24) is 15.6 Å². The summed E-state index contributed by atoms with van der Waals surface area (Å²) in [6.07, 6.45) is -0.813. The number of hydrogen-bond donors (Lipinski definition) is 4. The van der Waals surface area contributed by atoms with Crippen LogP contribution in [-0.4, -0.2) is 64.9 Å². The minimum atomic E-state index is -1.31. The molecule has 4 aromatic rings. The van der Waals surface area contributed by atoms with Crippen LogP contribution in [0.4, 0.5) is 4.39 Å². The highest BCUT2D eigenvalue weighted by Gasteiger charge is 2.38. The molecule has 10 nitrogen and oxygen atoms in total. The highest BCUT2D eigenvalue weighted by Crippen LogP contribution is 2.36. The Morgan fingerprint density at radius 2 is 1.77 bits per heavy atom. The zero-order chi connectivity index (χ0) is 40.7. The van der Waals surface area contributed by atoms with Crippen molar-refractivity contribution in [2.24, 2.45) is 17.3 Å². The van der Waals surface area contributed by atoms with Crippen molar-refractivity contribution in [3.8, 4) is 16.2 Å². The van der Waals surface area contributed by atoms with Gasteiger partial charge in [-0.25, -0.2) is 9.37 Å². The van der Waals surface area contributed by atoms with Gasteiger partial charge in [-0.1, -0.05) is 88.7 Å². The number of aliphatic hydroxyl groups is 2. The number of halogens is 2. The van der Waals surface area contributed by atoms with E-state index in [4.69, 9.17) is 21.1 Å². The average molecular weight is 808 g/mol. The van der Waals surface area contributed by atoms with Crippen LogP contribution < -0.4 is 15.4 Å². The standard InChI is InChI=1S/C43H51ClFN3O7S/c1-24(2)42-46-22-37(56-42)26-13-11-25(12-14-26)17-33(47-41(53)31(43(3,4)5)21-38(51)54-6)34(49)19-28(18-27-9-7-8-10-32(27)45)40(52)48-39-30-20-29(44)15-16-36(30)55-23-35(39)50/h7-16,20,22,24,28,31,33-35,39,49-50H,17-19,21,23H2,1-6H3,(H,47,53)(H,48,52)/t28-,31-,33+,34+,35-,39+/m1/s1. The Labute approximate surface area is 336 Å². The zero-order valence-electron chi connectivity index (χ0n) is 32.6. The Morgan fingerprint density at radius 3 is 2.41 bits per heavy atom. The summed E-state index contributed by atoms with van der Waals surface area (Å²) in [6.45, 7) is 9.65. The topological polar surface area (TPSA) is 147 Å². The number of amides is 2. The quantitative estimate of drug-likeness (QED) is 0.0923. The lowest BCUT2D eigenvalue weighted by Crippen LogP contribution is -2.51. The van der Waals surface area contributed by atoms with E-state index in [0.29, 0.717) is 22.3 Å². The molecule has 300 valence electrons. The van der Waals surface area contributed by atoms with Crippen molar-refractivity contribution in [3.05, 3.63) is 105 Å². The van der Waals surface area contributed by atoms with E-state index >= 15 is 4.39 Å². The molecular formula is C43H51ClFN3O7S. The van der Waals surface area contributed by atoms with Gasteiger partial charge in [-0.05, 0) is 65.6 Å². The molecule has 0 bridgehead atoms. The predicted molar refractivity (Wildman–Crippen MR) is 215 cm³/mol. The highest BCUT2D eigenvalue weighted by molar-refractivity contribution is 7.15.